The van der Waals surface area contributed by atoms with Gasteiger partial charge in [-0.2, -0.15) is 0 Å². The van der Waals surface area contributed by atoms with Crippen LogP contribution in [-0.4, -0.2) is 27.9 Å². The second-order valence-electron chi connectivity index (χ2n) is 6.65. The van der Waals surface area contributed by atoms with Crippen molar-refractivity contribution in [2.24, 2.45) is 10.8 Å². The van der Waals surface area contributed by atoms with Crippen molar-refractivity contribution in [3.05, 3.63) is 0 Å². The molecule has 1 amide bonds. The SMILES string of the molecule is CC1(C)CSSC[C@@H](CI)NC(=O)CC(C)(C)C1. The van der Waals surface area contributed by atoms with Crippen molar-refractivity contribution < 1.29 is 4.79 Å². The maximum atomic E-state index is 12.1. The molecule has 0 aromatic heterocycles. The predicted octanol–water partition coefficient (Wildman–Crippen LogP) is 4.13. The van der Waals surface area contributed by atoms with E-state index in [9.17, 15) is 4.79 Å². The van der Waals surface area contributed by atoms with Gasteiger partial charge in [-0.25, -0.2) is 0 Å². The molecule has 0 aliphatic carbocycles. The predicted molar refractivity (Wildman–Crippen MR) is 92.5 cm³/mol. The number of nitrogens with one attached hydrogen (secondary N) is 1. The summed E-state index contributed by atoms with van der Waals surface area (Å²) >= 11 is 2.36. The van der Waals surface area contributed by atoms with Gasteiger partial charge in [0.05, 0.1) is 0 Å². The molecule has 0 bridgehead atoms. The van der Waals surface area contributed by atoms with Gasteiger partial charge in [-0.1, -0.05) is 71.9 Å². The molecule has 2 nitrogen and oxygen atoms in total. The van der Waals surface area contributed by atoms with Crippen molar-refractivity contribution in [2.45, 2.75) is 46.6 Å². The molecule has 0 saturated carbocycles. The van der Waals surface area contributed by atoms with Gasteiger partial charge in [0.1, 0.15) is 0 Å². The molecule has 1 aliphatic rings. The van der Waals surface area contributed by atoms with Crippen LogP contribution in [0, 0.1) is 10.8 Å². The summed E-state index contributed by atoms with van der Waals surface area (Å²) in [7, 11) is 3.85. The van der Waals surface area contributed by atoms with E-state index in [0.717, 1.165) is 22.4 Å². The second kappa shape index (κ2) is 7.07. The molecule has 0 unspecified atom stereocenters. The lowest BCUT2D eigenvalue weighted by Crippen LogP contribution is -2.40. The summed E-state index contributed by atoms with van der Waals surface area (Å²) in [6, 6.07) is 0.313. The number of hydrogen-bond donors (Lipinski definition) is 1. The summed E-state index contributed by atoms with van der Waals surface area (Å²) in [6.45, 7) is 9.05. The molecule has 0 aromatic rings. The Balaban J connectivity index is 2.76. The first-order valence-electron chi connectivity index (χ1n) is 6.34. The molecule has 0 spiro atoms. The Labute approximate surface area is 133 Å². The second-order valence-corrected chi connectivity index (χ2v) is 10.0. The Hall–Kier alpha value is 0.900. The molecule has 1 aliphatic heterocycles. The van der Waals surface area contributed by atoms with E-state index < -0.39 is 0 Å². The van der Waals surface area contributed by atoms with Crippen LogP contribution in [0.15, 0.2) is 0 Å². The first-order valence-corrected chi connectivity index (χ1v) is 10.4. The third-order valence-corrected chi connectivity index (χ3v) is 6.88. The number of hydrogen-bond acceptors (Lipinski definition) is 3. The summed E-state index contributed by atoms with van der Waals surface area (Å²) in [4.78, 5) is 12.1. The van der Waals surface area contributed by atoms with Crippen LogP contribution < -0.4 is 5.32 Å². The molecule has 1 saturated heterocycles. The zero-order valence-electron chi connectivity index (χ0n) is 11.7. The van der Waals surface area contributed by atoms with Crippen LogP contribution in [0.2, 0.25) is 0 Å². The van der Waals surface area contributed by atoms with Crippen LogP contribution in [-0.2, 0) is 4.79 Å². The lowest BCUT2D eigenvalue weighted by atomic mass is 9.74. The summed E-state index contributed by atoms with van der Waals surface area (Å²) in [5.41, 5.74) is 0.380. The number of carbonyl (C=O) groups is 1. The zero-order valence-corrected chi connectivity index (χ0v) is 15.5. The molecular weight excluding hydrogens is 377 g/mol. The summed E-state index contributed by atoms with van der Waals surface area (Å²) in [5.74, 6) is 2.38. The highest BCUT2D eigenvalue weighted by atomic mass is 127. The van der Waals surface area contributed by atoms with E-state index in [-0.39, 0.29) is 11.3 Å². The Morgan fingerprint density at radius 3 is 2.56 bits per heavy atom. The smallest absolute Gasteiger partial charge is 0.220 e. The van der Waals surface area contributed by atoms with E-state index in [1.807, 2.05) is 21.6 Å². The molecule has 1 N–H and O–H groups in total. The quantitative estimate of drug-likeness (QED) is 0.407. The summed E-state index contributed by atoms with van der Waals surface area (Å²) < 4.78 is 0.987. The lowest BCUT2D eigenvalue weighted by Gasteiger charge is -2.34. The van der Waals surface area contributed by atoms with Gasteiger partial charge < -0.3 is 5.32 Å². The Morgan fingerprint density at radius 1 is 1.28 bits per heavy atom. The number of alkyl halides is 1. The summed E-state index contributed by atoms with van der Waals surface area (Å²) in [5, 5.41) is 3.17. The fraction of sp³-hybridized carbons (Fsp3) is 0.923. The van der Waals surface area contributed by atoms with Crippen molar-refractivity contribution in [2.75, 3.05) is 15.9 Å². The van der Waals surface area contributed by atoms with Crippen LogP contribution >= 0.6 is 44.2 Å². The average molecular weight is 401 g/mol. The van der Waals surface area contributed by atoms with Gasteiger partial charge in [-0.3, -0.25) is 4.79 Å². The fourth-order valence-electron chi connectivity index (χ4n) is 2.58. The third kappa shape index (κ3) is 6.37. The highest BCUT2D eigenvalue weighted by Gasteiger charge is 2.32. The van der Waals surface area contributed by atoms with Gasteiger partial charge >= 0.3 is 0 Å². The van der Waals surface area contributed by atoms with Crippen molar-refractivity contribution in [3.63, 3.8) is 0 Å². The standard InChI is InChI=1S/C13H24INOS2/c1-12(2)5-11(16)15-10(6-14)7-17-18-9-13(3,4)8-12/h10H,5-9H2,1-4H3,(H,15,16)/t10-/m1/s1. The van der Waals surface area contributed by atoms with Gasteiger partial charge in [0.2, 0.25) is 5.91 Å². The van der Waals surface area contributed by atoms with Crippen molar-refractivity contribution in [1.82, 2.24) is 5.32 Å². The maximum Gasteiger partial charge on any atom is 0.220 e. The van der Waals surface area contributed by atoms with Gasteiger partial charge in [0.25, 0.3) is 0 Å². The highest BCUT2D eigenvalue weighted by Crippen LogP contribution is 2.41. The molecule has 1 rings (SSSR count). The van der Waals surface area contributed by atoms with Gasteiger partial charge in [-0.05, 0) is 17.3 Å². The molecular formula is C13H24INOS2. The van der Waals surface area contributed by atoms with Crippen LogP contribution in [0.25, 0.3) is 0 Å². The molecule has 0 radical (unpaired) electrons. The van der Waals surface area contributed by atoms with Crippen molar-refractivity contribution >= 4 is 50.1 Å². The molecule has 106 valence electrons. The minimum atomic E-state index is 0.0823. The van der Waals surface area contributed by atoms with Crippen LogP contribution in [0.5, 0.6) is 0 Å². The van der Waals surface area contributed by atoms with Gasteiger partial charge in [0, 0.05) is 28.4 Å². The summed E-state index contributed by atoms with van der Waals surface area (Å²) in [6.07, 6.45) is 1.73. The first kappa shape index (κ1) is 17.0. The van der Waals surface area contributed by atoms with E-state index in [2.05, 4.69) is 55.6 Å². The van der Waals surface area contributed by atoms with E-state index in [4.69, 9.17) is 0 Å². The van der Waals surface area contributed by atoms with Crippen molar-refractivity contribution in [3.8, 4) is 0 Å². The van der Waals surface area contributed by atoms with Crippen LogP contribution in [0.3, 0.4) is 0 Å². The number of amides is 1. The first-order chi connectivity index (χ1) is 8.24. The molecule has 18 heavy (non-hydrogen) atoms. The Morgan fingerprint density at radius 2 is 1.94 bits per heavy atom. The monoisotopic (exact) mass is 401 g/mol. The Kier molecular flexibility index (Phi) is 6.65. The average Bonchev–Trinajstić information content (AvgIpc) is 2.20. The normalized spacial score (nSPS) is 29.2. The van der Waals surface area contributed by atoms with E-state index in [1.54, 1.807) is 0 Å². The molecule has 1 heterocycles. The number of rotatable bonds is 1. The largest absolute Gasteiger partial charge is 0.352 e. The third-order valence-electron chi connectivity index (χ3n) is 2.95. The van der Waals surface area contributed by atoms with Crippen molar-refractivity contribution in [1.29, 1.82) is 0 Å². The van der Waals surface area contributed by atoms with E-state index >= 15 is 0 Å². The van der Waals surface area contributed by atoms with E-state index in [1.165, 1.54) is 0 Å². The minimum absolute atomic E-state index is 0.0823. The van der Waals surface area contributed by atoms with Crippen LogP contribution in [0.4, 0.5) is 0 Å². The highest BCUT2D eigenvalue weighted by molar-refractivity contribution is 14.1. The molecule has 5 heteroatoms. The zero-order chi connectivity index (χ0) is 13.8. The maximum absolute atomic E-state index is 12.1. The van der Waals surface area contributed by atoms with Gasteiger partial charge in [0.15, 0.2) is 0 Å². The fourth-order valence-corrected chi connectivity index (χ4v) is 6.49. The molecule has 1 fully saturated rings. The minimum Gasteiger partial charge on any atom is -0.352 e. The Bertz CT molecular complexity index is 295. The van der Waals surface area contributed by atoms with Gasteiger partial charge in [-0.15, -0.1) is 0 Å². The molecule has 1 atom stereocenters. The number of halogens is 1. The van der Waals surface area contributed by atoms with Crippen LogP contribution in [0.1, 0.15) is 40.5 Å². The van der Waals surface area contributed by atoms with E-state index in [0.29, 0.717) is 17.9 Å². The lowest BCUT2D eigenvalue weighted by molar-refractivity contribution is -0.123. The molecule has 0 aromatic carbocycles. The topological polar surface area (TPSA) is 29.1 Å². The number of carbonyl (C=O) groups excluding carboxylic acids is 1.